The van der Waals surface area contributed by atoms with Crippen molar-refractivity contribution in [3.05, 3.63) is 71.3 Å². The van der Waals surface area contributed by atoms with Crippen LogP contribution in [-0.4, -0.2) is 47.0 Å². The van der Waals surface area contributed by atoms with Gasteiger partial charge < -0.3 is 10.0 Å². The number of amides is 1. The summed E-state index contributed by atoms with van der Waals surface area (Å²) in [6.07, 6.45) is 3.78. The van der Waals surface area contributed by atoms with E-state index < -0.39 is 17.2 Å². The molecule has 4 nitrogen and oxygen atoms in total. The molecule has 1 aliphatic carbocycles. The number of halogens is 2. The van der Waals surface area contributed by atoms with Gasteiger partial charge >= 0.3 is 0 Å². The lowest BCUT2D eigenvalue weighted by Gasteiger charge is -2.41. The van der Waals surface area contributed by atoms with E-state index >= 15 is 0 Å². The normalized spacial score (nSPS) is 20.3. The summed E-state index contributed by atoms with van der Waals surface area (Å²) in [6, 6.07) is 13.3. The van der Waals surface area contributed by atoms with Crippen LogP contribution in [0.1, 0.15) is 36.8 Å². The van der Waals surface area contributed by atoms with Gasteiger partial charge in [-0.15, -0.1) is 0 Å². The number of carbonyl (C=O) groups excluding carboxylic acids is 1. The van der Waals surface area contributed by atoms with Crippen LogP contribution in [0.2, 0.25) is 0 Å². The van der Waals surface area contributed by atoms with E-state index in [1.807, 2.05) is 30.3 Å². The number of hydrogen-bond donors (Lipinski definition) is 1. The molecule has 1 saturated carbocycles. The summed E-state index contributed by atoms with van der Waals surface area (Å²) >= 11 is 0. The number of nitrogens with zero attached hydrogens (tertiary/aromatic N) is 2. The molecule has 1 heterocycles. The minimum Gasteiger partial charge on any atom is -0.375 e. The second-order valence-electron chi connectivity index (χ2n) is 8.43. The van der Waals surface area contributed by atoms with E-state index in [1.54, 1.807) is 11.0 Å². The van der Waals surface area contributed by atoms with E-state index in [1.165, 1.54) is 6.07 Å². The maximum Gasteiger partial charge on any atom is 0.259 e. The average Bonchev–Trinajstić information content (AvgIpc) is 3.32. The van der Waals surface area contributed by atoms with Crippen LogP contribution in [0.25, 0.3) is 0 Å². The van der Waals surface area contributed by atoms with Gasteiger partial charge in [-0.05, 0) is 36.1 Å². The highest BCUT2D eigenvalue weighted by Gasteiger charge is 2.48. The second kappa shape index (κ2) is 8.82. The predicted octanol–water partition coefficient (Wildman–Crippen LogP) is 3.69. The molecule has 0 aromatic heterocycles. The minimum atomic E-state index is -1.49. The molecule has 6 heteroatoms. The van der Waals surface area contributed by atoms with E-state index in [2.05, 4.69) is 4.90 Å². The van der Waals surface area contributed by atoms with Crippen LogP contribution < -0.4 is 0 Å². The van der Waals surface area contributed by atoms with Gasteiger partial charge in [0, 0.05) is 38.6 Å². The SMILES string of the molecule is O=C(N1CCN(Cc2ccc(F)c(F)c2)CC1)C(O)(c1ccccc1)C1CCCC1. The molecule has 1 saturated heterocycles. The number of hydrogen-bond acceptors (Lipinski definition) is 3. The molecule has 1 unspecified atom stereocenters. The van der Waals surface area contributed by atoms with Crippen molar-refractivity contribution in [2.24, 2.45) is 5.92 Å². The van der Waals surface area contributed by atoms with Crippen molar-refractivity contribution in [2.75, 3.05) is 26.2 Å². The Morgan fingerprint density at radius 3 is 2.27 bits per heavy atom. The second-order valence-corrected chi connectivity index (χ2v) is 8.43. The molecule has 2 aliphatic rings. The summed E-state index contributed by atoms with van der Waals surface area (Å²) in [5, 5.41) is 11.7. The number of rotatable bonds is 5. The van der Waals surface area contributed by atoms with E-state index in [4.69, 9.17) is 0 Å². The van der Waals surface area contributed by atoms with Gasteiger partial charge in [0.15, 0.2) is 17.2 Å². The molecule has 4 rings (SSSR count). The van der Waals surface area contributed by atoms with Crippen LogP contribution in [0.15, 0.2) is 48.5 Å². The van der Waals surface area contributed by atoms with Crippen LogP contribution >= 0.6 is 0 Å². The Morgan fingerprint density at radius 2 is 1.63 bits per heavy atom. The molecule has 1 N–H and O–H groups in total. The maximum absolute atomic E-state index is 13.5. The first-order valence-corrected chi connectivity index (χ1v) is 10.7. The van der Waals surface area contributed by atoms with E-state index in [0.717, 1.165) is 31.7 Å². The Morgan fingerprint density at radius 1 is 0.967 bits per heavy atom. The Labute approximate surface area is 176 Å². The zero-order chi connectivity index (χ0) is 21.1. The predicted molar refractivity (Wildman–Crippen MR) is 111 cm³/mol. The third-order valence-electron chi connectivity index (χ3n) is 6.54. The van der Waals surface area contributed by atoms with Crippen LogP contribution in [0.3, 0.4) is 0 Å². The quantitative estimate of drug-likeness (QED) is 0.812. The Balaban J connectivity index is 1.44. The van der Waals surface area contributed by atoms with E-state index in [0.29, 0.717) is 43.9 Å². The third kappa shape index (κ3) is 4.12. The number of piperazine rings is 1. The van der Waals surface area contributed by atoms with Crippen LogP contribution in [-0.2, 0) is 16.9 Å². The summed E-state index contributed by atoms with van der Waals surface area (Å²) in [5.74, 6) is -1.97. The highest BCUT2D eigenvalue weighted by Crippen LogP contribution is 2.42. The summed E-state index contributed by atoms with van der Waals surface area (Å²) in [7, 11) is 0. The highest BCUT2D eigenvalue weighted by atomic mass is 19.2. The summed E-state index contributed by atoms with van der Waals surface area (Å²) < 4.78 is 26.6. The van der Waals surface area contributed by atoms with Crippen molar-refractivity contribution in [3.63, 3.8) is 0 Å². The van der Waals surface area contributed by atoms with Gasteiger partial charge in [-0.3, -0.25) is 9.69 Å². The summed E-state index contributed by atoms with van der Waals surface area (Å²) in [4.78, 5) is 17.4. The fraction of sp³-hybridized carbons (Fsp3) is 0.458. The zero-order valence-corrected chi connectivity index (χ0v) is 17.1. The van der Waals surface area contributed by atoms with Gasteiger partial charge in [0.1, 0.15) is 0 Å². The number of benzene rings is 2. The Kier molecular flexibility index (Phi) is 6.16. The van der Waals surface area contributed by atoms with Gasteiger partial charge in [0.05, 0.1) is 0 Å². The molecular weight excluding hydrogens is 386 g/mol. The van der Waals surface area contributed by atoms with Gasteiger partial charge in [0.2, 0.25) is 0 Å². The number of carbonyl (C=O) groups is 1. The van der Waals surface area contributed by atoms with Crippen LogP contribution in [0, 0.1) is 17.6 Å². The van der Waals surface area contributed by atoms with Gasteiger partial charge in [-0.25, -0.2) is 8.78 Å². The summed E-state index contributed by atoms with van der Waals surface area (Å²) in [6.45, 7) is 2.76. The largest absolute Gasteiger partial charge is 0.375 e. The van der Waals surface area contributed by atoms with E-state index in [-0.39, 0.29) is 11.8 Å². The number of aliphatic hydroxyl groups is 1. The Hall–Kier alpha value is -2.31. The van der Waals surface area contributed by atoms with Gasteiger partial charge in [0.25, 0.3) is 5.91 Å². The van der Waals surface area contributed by atoms with E-state index in [9.17, 15) is 18.7 Å². The third-order valence-corrected chi connectivity index (χ3v) is 6.54. The molecule has 1 atom stereocenters. The van der Waals surface area contributed by atoms with Crippen LogP contribution in [0.5, 0.6) is 0 Å². The molecular formula is C24H28F2N2O2. The minimum absolute atomic E-state index is 0.0624. The van der Waals surface area contributed by atoms with Crippen LogP contribution in [0.4, 0.5) is 8.78 Å². The monoisotopic (exact) mass is 414 g/mol. The summed E-state index contributed by atoms with van der Waals surface area (Å²) in [5.41, 5.74) is -0.105. The fourth-order valence-electron chi connectivity index (χ4n) is 4.82. The standard InChI is InChI=1S/C24H28F2N2O2/c25-21-11-10-18(16-22(21)26)17-27-12-14-28(15-13-27)23(29)24(30,20-8-4-5-9-20)19-6-2-1-3-7-19/h1-3,6-7,10-11,16,20,30H,4-5,8-9,12-15,17H2. The molecule has 0 bridgehead atoms. The highest BCUT2D eigenvalue weighted by molar-refractivity contribution is 5.87. The van der Waals surface area contributed by atoms with Gasteiger partial charge in [-0.1, -0.05) is 49.2 Å². The fourth-order valence-corrected chi connectivity index (χ4v) is 4.82. The smallest absolute Gasteiger partial charge is 0.259 e. The molecule has 160 valence electrons. The molecule has 0 radical (unpaired) electrons. The lowest BCUT2D eigenvalue weighted by molar-refractivity contribution is -0.161. The van der Waals surface area contributed by atoms with Crippen molar-refractivity contribution in [1.82, 2.24) is 9.80 Å². The lowest BCUT2D eigenvalue weighted by atomic mass is 9.79. The van der Waals surface area contributed by atoms with Crippen molar-refractivity contribution in [2.45, 2.75) is 37.8 Å². The maximum atomic E-state index is 13.5. The topological polar surface area (TPSA) is 43.8 Å². The first-order chi connectivity index (χ1) is 14.5. The van der Waals surface area contributed by atoms with Crippen molar-refractivity contribution in [1.29, 1.82) is 0 Å². The molecule has 1 amide bonds. The molecule has 2 aromatic rings. The van der Waals surface area contributed by atoms with Crippen molar-refractivity contribution in [3.8, 4) is 0 Å². The Bertz CT molecular complexity index is 878. The van der Waals surface area contributed by atoms with Gasteiger partial charge in [-0.2, -0.15) is 0 Å². The first-order valence-electron chi connectivity index (χ1n) is 10.7. The molecule has 0 spiro atoms. The van der Waals surface area contributed by atoms with Crippen molar-refractivity contribution < 1.29 is 18.7 Å². The molecule has 30 heavy (non-hydrogen) atoms. The molecule has 2 fully saturated rings. The first kappa shape index (κ1) is 20.9. The molecule has 2 aromatic carbocycles. The average molecular weight is 414 g/mol. The zero-order valence-electron chi connectivity index (χ0n) is 17.1. The lowest BCUT2D eigenvalue weighted by Crippen LogP contribution is -2.56. The van der Waals surface area contributed by atoms with Crippen molar-refractivity contribution >= 4 is 5.91 Å². The molecule has 1 aliphatic heterocycles.